The minimum Gasteiger partial charge on any atom is -0.482 e. The number of esters is 2. The van der Waals surface area contributed by atoms with Gasteiger partial charge in [0, 0.05) is 23.5 Å². The van der Waals surface area contributed by atoms with Crippen LogP contribution in [0.4, 0.5) is 21.9 Å². The van der Waals surface area contributed by atoms with Crippen molar-refractivity contribution in [3.8, 4) is 5.75 Å². The van der Waals surface area contributed by atoms with Crippen LogP contribution in [-0.4, -0.2) is 24.7 Å². The fourth-order valence-electron chi connectivity index (χ4n) is 3.86. The number of nitrogens with zero attached hydrogens (tertiary/aromatic N) is 1. The molecule has 0 aromatic heterocycles. The van der Waals surface area contributed by atoms with Crippen molar-refractivity contribution in [2.24, 2.45) is 0 Å². The molecule has 0 radical (unpaired) electrons. The first-order chi connectivity index (χ1) is 20.5. The van der Waals surface area contributed by atoms with Crippen LogP contribution in [0.5, 0.6) is 5.75 Å². The van der Waals surface area contributed by atoms with E-state index < -0.39 is 12.1 Å². The van der Waals surface area contributed by atoms with E-state index in [1.54, 1.807) is 32.9 Å². The summed E-state index contributed by atoms with van der Waals surface area (Å²) in [7, 11) is 0. The average molecular weight is 586 g/mol. The smallest absolute Gasteiger partial charge is 0.482 e. The van der Waals surface area contributed by atoms with Crippen LogP contribution in [0.3, 0.4) is 0 Å². The van der Waals surface area contributed by atoms with Gasteiger partial charge in [0.2, 0.25) is 0 Å². The third-order valence-electron chi connectivity index (χ3n) is 5.65. The van der Waals surface area contributed by atoms with Crippen LogP contribution in [0.15, 0.2) is 110 Å². The fraction of sp³-hybridized carbons (Fsp3) is 0.206. The number of aryl methyl sites for hydroxylation is 1. The summed E-state index contributed by atoms with van der Waals surface area (Å²) < 4.78 is 25.5. The van der Waals surface area contributed by atoms with Crippen LogP contribution < -0.4 is 9.64 Å². The Kier molecular flexibility index (Phi) is 11.7. The largest absolute Gasteiger partial charge is 0.513 e. The van der Waals surface area contributed by atoms with E-state index in [0.29, 0.717) is 23.7 Å². The van der Waals surface area contributed by atoms with E-state index in [2.05, 4.69) is 19.7 Å². The summed E-state index contributed by atoms with van der Waals surface area (Å²) in [6.07, 6.45) is -0.0588. The van der Waals surface area contributed by atoms with Gasteiger partial charge in [-0.05, 0) is 86.8 Å². The highest BCUT2D eigenvalue weighted by molar-refractivity contribution is 5.77. The highest BCUT2D eigenvalue weighted by Gasteiger charge is 2.15. The van der Waals surface area contributed by atoms with Gasteiger partial charge in [-0.15, -0.1) is 0 Å². The molecule has 0 amide bonds. The lowest BCUT2D eigenvalue weighted by atomic mass is 10.1. The molecule has 9 nitrogen and oxygen atoms in total. The number of anilines is 3. The van der Waals surface area contributed by atoms with Crippen molar-refractivity contribution in [1.29, 1.82) is 0 Å². The highest BCUT2D eigenvalue weighted by atomic mass is 16.7. The molecule has 0 atom stereocenters. The van der Waals surface area contributed by atoms with Gasteiger partial charge in [0.25, 0.3) is 0 Å². The summed E-state index contributed by atoms with van der Waals surface area (Å²) in [5.41, 5.74) is 4.26. The van der Waals surface area contributed by atoms with E-state index in [9.17, 15) is 14.4 Å². The van der Waals surface area contributed by atoms with E-state index >= 15 is 0 Å². The summed E-state index contributed by atoms with van der Waals surface area (Å²) in [4.78, 5) is 37.5. The Morgan fingerprint density at radius 3 is 1.60 bits per heavy atom. The Bertz CT molecular complexity index is 1280. The number of hydrogen-bond donors (Lipinski definition) is 0. The maximum absolute atomic E-state index is 11.9. The van der Waals surface area contributed by atoms with E-state index in [0.717, 1.165) is 28.2 Å². The second-order valence-electron chi connectivity index (χ2n) is 9.65. The van der Waals surface area contributed by atoms with E-state index in [1.165, 1.54) is 0 Å². The first kappa shape index (κ1) is 32.2. The zero-order chi connectivity index (χ0) is 31.4. The maximum Gasteiger partial charge on any atom is 0.513 e. The van der Waals surface area contributed by atoms with Crippen LogP contribution in [0, 0.1) is 0 Å². The van der Waals surface area contributed by atoms with Gasteiger partial charge in [-0.1, -0.05) is 44.0 Å². The lowest BCUT2D eigenvalue weighted by molar-refractivity contribution is -0.141. The summed E-state index contributed by atoms with van der Waals surface area (Å²) >= 11 is 0. The van der Waals surface area contributed by atoms with Gasteiger partial charge < -0.3 is 28.6 Å². The molecule has 3 aromatic rings. The zero-order valence-corrected chi connectivity index (χ0v) is 24.6. The number of ether oxygens (including phenoxy) is 5. The second kappa shape index (κ2) is 15.6. The van der Waals surface area contributed by atoms with Crippen LogP contribution in [0.25, 0.3) is 0 Å². The number of hydrogen-bond acceptors (Lipinski definition) is 9. The zero-order valence-electron chi connectivity index (χ0n) is 24.6. The van der Waals surface area contributed by atoms with Crippen molar-refractivity contribution in [3.05, 3.63) is 121 Å². The maximum atomic E-state index is 11.9. The van der Waals surface area contributed by atoms with Gasteiger partial charge in [0.15, 0.2) is 6.61 Å². The van der Waals surface area contributed by atoms with E-state index in [1.807, 2.05) is 65.6 Å². The molecule has 0 heterocycles. The molecule has 0 aliphatic heterocycles. The molecular formula is C34H35NO8. The number of carbonyl (C=O) groups excluding carboxylic acids is 3. The minimum absolute atomic E-state index is 0.0365. The molecule has 3 aromatic carbocycles. The Balaban J connectivity index is 1.81. The SMILES string of the molecule is C=C(C)OC(=O)CCc1ccc(N(c2ccc(COC(=O)OC(=C)C)cc2)c2ccc(OCC(=O)OC(=C)C)cc2)cc1. The lowest BCUT2D eigenvalue weighted by Crippen LogP contribution is -2.14. The molecule has 0 fully saturated rings. The predicted octanol–water partition coefficient (Wildman–Crippen LogP) is 7.81. The molecule has 0 bridgehead atoms. The molecule has 224 valence electrons. The van der Waals surface area contributed by atoms with Crippen molar-refractivity contribution in [2.75, 3.05) is 11.5 Å². The number of allylic oxidation sites excluding steroid dienone is 3. The van der Waals surface area contributed by atoms with Crippen molar-refractivity contribution in [3.63, 3.8) is 0 Å². The number of rotatable bonds is 14. The normalized spacial score (nSPS) is 10.2. The molecular weight excluding hydrogens is 550 g/mol. The molecule has 0 aliphatic rings. The van der Waals surface area contributed by atoms with Crippen LogP contribution in [-0.2, 0) is 41.6 Å². The summed E-state index contributed by atoms with van der Waals surface area (Å²) in [5.74, 6) is 0.532. The third kappa shape index (κ3) is 10.9. The van der Waals surface area contributed by atoms with E-state index in [-0.39, 0.29) is 31.4 Å². The van der Waals surface area contributed by atoms with Gasteiger partial charge in [-0.2, -0.15) is 0 Å². The van der Waals surface area contributed by atoms with E-state index in [4.69, 9.17) is 23.7 Å². The molecule has 0 aliphatic carbocycles. The Morgan fingerprint density at radius 1 is 0.628 bits per heavy atom. The highest BCUT2D eigenvalue weighted by Crippen LogP contribution is 2.35. The van der Waals surface area contributed by atoms with Crippen LogP contribution in [0.2, 0.25) is 0 Å². The average Bonchev–Trinajstić information content (AvgIpc) is 2.95. The van der Waals surface area contributed by atoms with Crippen LogP contribution in [0.1, 0.15) is 38.3 Å². The van der Waals surface area contributed by atoms with Gasteiger partial charge in [0.1, 0.15) is 18.1 Å². The summed E-state index contributed by atoms with van der Waals surface area (Å²) in [6.45, 7) is 15.2. The molecule has 0 spiro atoms. The van der Waals surface area contributed by atoms with Gasteiger partial charge in [-0.25, -0.2) is 9.59 Å². The van der Waals surface area contributed by atoms with Gasteiger partial charge >= 0.3 is 18.1 Å². The monoisotopic (exact) mass is 585 g/mol. The number of benzene rings is 3. The molecule has 0 unspecified atom stereocenters. The Labute approximate surface area is 251 Å². The van der Waals surface area contributed by atoms with Crippen molar-refractivity contribution in [2.45, 2.75) is 40.2 Å². The summed E-state index contributed by atoms with van der Waals surface area (Å²) in [6, 6.07) is 22.6. The second-order valence-corrected chi connectivity index (χ2v) is 9.65. The fourth-order valence-corrected chi connectivity index (χ4v) is 3.86. The Hall–Kier alpha value is -5.31. The first-order valence-electron chi connectivity index (χ1n) is 13.4. The van der Waals surface area contributed by atoms with Crippen molar-refractivity contribution in [1.82, 2.24) is 0 Å². The van der Waals surface area contributed by atoms with Crippen molar-refractivity contribution >= 4 is 35.2 Å². The van der Waals surface area contributed by atoms with Gasteiger partial charge in [0.05, 0.1) is 11.5 Å². The molecule has 3 rings (SSSR count). The van der Waals surface area contributed by atoms with Gasteiger partial charge in [-0.3, -0.25) is 4.79 Å². The minimum atomic E-state index is -0.818. The lowest BCUT2D eigenvalue weighted by Gasteiger charge is -2.26. The first-order valence-corrected chi connectivity index (χ1v) is 13.4. The molecule has 43 heavy (non-hydrogen) atoms. The molecule has 9 heteroatoms. The van der Waals surface area contributed by atoms with Crippen LogP contribution >= 0.6 is 0 Å². The quantitative estimate of drug-likeness (QED) is 0.106. The number of carbonyl (C=O) groups is 3. The summed E-state index contributed by atoms with van der Waals surface area (Å²) in [5, 5.41) is 0. The third-order valence-corrected chi connectivity index (χ3v) is 5.65. The topological polar surface area (TPSA) is 101 Å². The standard InChI is InChI=1S/C34H35NO8/c1-23(2)41-32(36)20-11-26-7-12-28(13-8-26)35(29-14-9-27(10-15-29)21-40-34(38)43-25(5)6)30-16-18-31(19-17-30)39-22-33(37)42-24(3)4/h7-10,12-19H,1,3,5,11,20-22H2,2,4,6H3. The molecule has 0 N–H and O–H groups in total. The predicted molar refractivity (Wildman–Crippen MR) is 163 cm³/mol. The Morgan fingerprint density at radius 2 is 1.09 bits per heavy atom. The molecule has 0 saturated carbocycles. The van der Waals surface area contributed by atoms with Crippen molar-refractivity contribution < 1.29 is 38.1 Å². The molecule has 0 saturated heterocycles.